The van der Waals surface area contributed by atoms with Crippen molar-refractivity contribution in [3.05, 3.63) is 53.9 Å². The molecule has 2 N–H and O–H groups in total. The minimum absolute atomic E-state index is 0.00407. The van der Waals surface area contributed by atoms with E-state index in [1.54, 1.807) is 6.07 Å². The third kappa shape index (κ3) is 3.86. The Bertz CT molecular complexity index is 934. The molecule has 1 unspecified atom stereocenters. The van der Waals surface area contributed by atoms with Crippen LogP contribution >= 0.6 is 0 Å². The molecule has 146 valence electrons. The van der Waals surface area contributed by atoms with Gasteiger partial charge in [0.05, 0.1) is 0 Å². The van der Waals surface area contributed by atoms with Gasteiger partial charge in [-0.15, -0.1) is 10.2 Å². The fraction of sp³-hybridized carbons (Fsp3) is 0.409. The Labute approximate surface area is 165 Å². The van der Waals surface area contributed by atoms with Gasteiger partial charge in [-0.3, -0.25) is 4.79 Å². The third-order valence-electron chi connectivity index (χ3n) is 5.62. The molecule has 2 aromatic heterocycles. The lowest BCUT2D eigenvalue weighted by molar-refractivity contribution is 0.0601. The van der Waals surface area contributed by atoms with E-state index in [1.165, 1.54) is 17.4 Å². The molecule has 3 aromatic rings. The van der Waals surface area contributed by atoms with E-state index in [0.717, 1.165) is 44.3 Å². The van der Waals surface area contributed by atoms with Gasteiger partial charge in [-0.2, -0.15) is 0 Å². The Morgan fingerprint density at radius 2 is 2.11 bits per heavy atom. The number of anilines is 1. The first-order valence-electron chi connectivity index (χ1n) is 10.2. The predicted molar refractivity (Wildman–Crippen MR) is 111 cm³/mol. The van der Waals surface area contributed by atoms with Crippen LogP contribution in [-0.2, 0) is 6.42 Å². The van der Waals surface area contributed by atoms with Crippen molar-refractivity contribution in [3.8, 4) is 0 Å². The Hall–Kier alpha value is -2.89. The summed E-state index contributed by atoms with van der Waals surface area (Å²) in [4.78, 5) is 18.0. The molecule has 0 aliphatic carbocycles. The van der Waals surface area contributed by atoms with E-state index in [9.17, 15) is 4.79 Å². The number of amides is 1. The minimum Gasteiger partial charge on any atom is -0.368 e. The summed E-state index contributed by atoms with van der Waals surface area (Å²) in [6, 6.07) is 12.3. The zero-order valence-corrected chi connectivity index (χ0v) is 16.3. The van der Waals surface area contributed by atoms with Crippen molar-refractivity contribution in [2.75, 3.05) is 18.4 Å². The molecule has 1 atom stereocenters. The number of aromatic nitrogens is 3. The second-order valence-electron chi connectivity index (χ2n) is 7.40. The molecule has 1 aliphatic heterocycles. The van der Waals surface area contributed by atoms with Gasteiger partial charge >= 0.3 is 0 Å². The number of piperidine rings is 1. The number of aromatic amines is 1. The largest absolute Gasteiger partial charge is 0.368 e. The number of nitrogens with one attached hydrogen (secondary N) is 2. The van der Waals surface area contributed by atoms with Crippen molar-refractivity contribution >= 4 is 22.6 Å². The van der Waals surface area contributed by atoms with Gasteiger partial charge in [-0.05, 0) is 55.9 Å². The molecular formula is C22H27N5O. The van der Waals surface area contributed by atoms with Crippen LogP contribution in [0.3, 0.4) is 0 Å². The molecule has 4 rings (SSSR count). The summed E-state index contributed by atoms with van der Waals surface area (Å²) < 4.78 is 0. The minimum atomic E-state index is 0.00407. The van der Waals surface area contributed by atoms with Crippen LogP contribution in [0.1, 0.15) is 48.7 Å². The summed E-state index contributed by atoms with van der Waals surface area (Å²) in [6.07, 6.45) is 7.30. The van der Waals surface area contributed by atoms with Crippen LogP contribution in [0.5, 0.6) is 0 Å². The summed E-state index contributed by atoms with van der Waals surface area (Å²) in [5.41, 5.74) is 2.87. The molecule has 1 amide bonds. The van der Waals surface area contributed by atoms with E-state index in [4.69, 9.17) is 0 Å². The van der Waals surface area contributed by atoms with Crippen molar-refractivity contribution in [1.82, 2.24) is 20.1 Å². The number of H-pyrrole nitrogens is 1. The van der Waals surface area contributed by atoms with Gasteiger partial charge in [0, 0.05) is 36.2 Å². The van der Waals surface area contributed by atoms with E-state index < -0.39 is 0 Å². The molecule has 1 aliphatic rings. The van der Waals surface area contributed by atoms with Crippen LogP contribution in [0, 0.1) is 0 Å². The lowest BCUT2D eigenvalue weighted by atomic mass is 9.99. The number of carbonyl (C=O) groups excluding carboxylic acids is 1. The van der Waals surface area contributed by atoms with Crippen molar-refractivity contribution in [1.29, 1.82) is 0 Å². The zero-order chi connectivity index (χ0) is 19.3. The molecular weight excluding hydrogens is 350 g/mol. The van der Waals surface area contributed by atoms with Crippen LogP contribution in [0.25, 0.3) is 10.9 Å². The smallest absolute Gasteiger partial charge is 0.274 e. The van der Waals surface area contributed by atoms with Crippen molar-refractivity contribution in [2.24, 2.45) is 0 Å². The lowest BCUT2D eigenvalue weighted by Crippen LogP contribution is -2.43. The summed E-state index contributed by atoms with van der Waals surface area (Å²) in [7, 11) is 0. The first-order valence-corrected chi connectivity index (χ1v) is 10.2. The fourth-order valence-electron chi connectivity index (χ4n) is 4.04. The summed E-state index contributed by atoms with van der Waals surface area (Å²) in [5.74, 6) is 0.700. The van der Waals surface area contributed by atoms with E-state index in [0.29, 0.717) is 17.6 Å². The quantitative estimate of drug-likeness (QED) is 0.680. The average Bonchev–Trinajstić information content (AvgIpc) is 3.17. The monoisotopic (exact) mass is 377 g/mol. The molecule has 0 radical (unpaired) electrons. The van der Waals surface area contributed by atoms with Gasteiger partial charge < -0.3 is 15.2 Å². The Kier molecular flexibility index (Phi) is 5.55. The first-order chi connectivity index (χ1) is 13.8. The van der Waals surface area contributed by atoms with Gasteiger partial charge in [0.2, 0.25) is 0 Å². The number of nitrogens with zero attached hydrogens (tertiary/aromatic N) is 3. The molecule has 1 fully saturated rings. The van der Waals surface area contributed by atoms with Crippen molar-refractivity contribution < 1.29 is 4.79 Å². The van der Waals surface area contributed by atoms with Gasteiger partial charge in [0.1, 0.15) is 5.82 Å². The van der Waals surface area contributed by atoms with Gasteiger partial charge in [-0.25, -0.2) is 0 Å². The van der Waals surface area contributed by atoms with Crippen LogP contribution in [0.2, 0.25) is 0 Å². The number of likely N-dealkylation sites (tertiary alicyclic amines) is 1. The molecule has 28 heavy (non-hydrogen) atoms. The standard InChI is InChI=1S/C22H27N5O/c1-2-17-7-5-6-14-27(17)22(28)20-10-11-21(26-25-20)23-13-12-16-15-24-19-9-4-3-8-18(16)19/h3-4,8-11,15,17,24H,2,5-7,12-14H2,1H3,(H,23,26). The number of hydrogen-bond donors (Lipinski definition) is 2. The van der Waals surface area contributed by atoms with Crippen LogP contribution < -0.4 is 5.32 Å². The number of hydrogen-bond acceptors (Lipinski definition) is 4. The number of carbonyl (C=O) groups is 1. The maximum absolute atomic E-state index is 12.8. The lowest BCUT2D eigenvalue weighted by Gasteiger charge is -2.34. The SMILES string of the molecule is CCC1CCCCN1C(=O)c1ccc(NCCc2c[nH]c3ccccc23)nn1. The summed E-state index contributed by atoms with van der Waals surface area (Å²) in [6.45, 7) is 3.72. The highest BCUT2D eigenvalue weighted by atomic mass is 16.2. The highest BCUT2D eigenvalue weighted by Gasteiger charge is 2.27. The third-order valence-corrected chi connectivity index (χ3v) is 5.62. The van der Waals surface area contributed by atoms with E-state index in [2.05, 4.69) is 51.8 Å². The first kappa shape index (κ1) is 18.5. The van der Waals surface area contributed by atoms with Crippen molar-refractivity contribution in [3.63, 3.8) is 0 Å². The summed E-state index contributed by atoms with van der Waals surface area (Å²) >= 11 is 0. The molecule has 0 bridgehead atoms. The number of rotatable bonds is 6. The van der Waals surface area contributed by atoms with Crippen LogP contribution in [0.4, 0.5) is 5.82 Å². The number of para-hydroxylation sites is 1. The molecule has 3 heterocycles. The topological polar surface area (TPSA) is 73.9 Å². The average molecular weight is 377 g/mol. The highest BCUT2D eigenvalue weighted by Crippen LogP contribution is 2.21. The number of benzene rings is 1. The van der Waals surface area contributed by atoms with E-state index in [-0.39, 0.29) is 5.91 Å². The van der Waals surface area contributed by atoms with Gasteiger partial charge in [0.15, 0.2) is 5.69 Å². The van der Waals surface area contributed by atoms with Crippen molar-refractivity contribution in [2.45, 2.75) is 45.1 Å². The number of fused-ring (bicyclic) bond motifs is 1. The highest BCUT2D eigenvalue weighted by molar-refractivity contribution is 5.92. The maximum Gasteiger partial charge on any atom is 0.274 e. The molecule has 1 aromatic carbocycles. The molecule has 0 spiro atoms. The van der Waals surface area contributed by atoms with E-state index in [1.807, 2.05) is 17.0 Å². The second kappa shape index (κ2) is 8.42. The van der Waals surface area contributed by atoms with Gasteiger partial charge in [0.25, 0.3) is 5.91 Å². The van der Waals surface area contributed by atoms with Crippen LogP contribution in [0.15, 0.2) is 42.6 Å². The second-order valence-corrected chi connectivity index (χ2v) is 7.40. The normalized spacial score (nSPS) is 17.0. The summed E-state index contributed by atoms with van der Waals surface area (Å²) in [5, 5.41) is 12.9. The molecule has 1 saturated heterocycles. The maximum atomic E-state index is 12.8. The van der Waals surface area contributed by atoms with Gasteiger partial charge in [-0.1, -0.05) is 25.1 Å². The molecule has 6 heteroatoms. The fourth-order valence-corrected chi connectivity index (χ4v) is 4.04. The Morgan fingerprint density at radius 3 is 2.93 bits per heavy atom. The Morgan fingerprint density at radius 1 is 1.21 bits per heavy atom. The zero-order valence-electron chi connectivity index (χ0n) is 16.3. The Balaban J connectivity index is 1.35. The molecule has 0 saturated carbocycles. The van der Waals surface area contributed by atoms with E-state index >= 15 is 0 Å². The molecule has 6 nitrogen and oxygen atoms in total. The van der Waals surface area contributed by atoms with Crippen LogP contribution in [-0.4, -0.2) is 45.1 Å². The predicted octanol–water partition coefficient (Wildman–Crippen LogP) is 4.02.